The molecule has 0 radical (unpaired) electrons. The number of carbonyl (C=O) groups is 2. The summed E-state index contributed by atoms with van der Waals surface area (Å²) in [6.07, 6.45) is 4.12. The van der Waals surface area contributed by atoms with Gasteiger partial charge in [0.15, 0.2) is 0 Å². The van der Waals surface area contributed by atoms with Gasteiger partial charge in [0.1, 0.15) is 0 Å². The van der Waals surface area contributed by atoms with Gasteiger partial charge in [-0.25, -0.2) is 4.79 Å². The van der Waals surface area contributed by atoms with Crippen LogP contribution in [0.15, 0.2) is 18.2 Å². The number of amides is 2. The van der Waals surface area contributed by atoms with E-state index >= 15 is 0 Å². The van der Waals surface area contributed by atoms with Gasteiger partial charge in [0, 0.05) is 19.5 Å². The van der Waals surface area contributed by atoms with Crippen molar-refractivity contribution in [1.29, 1.82) is 0 Å². The Morgan fingerprint density at radius 1 is 1.31 bits per heavy atom. The Bertz CT molecular complexity index is 656. The SMILES string of the molecule is Cc1cc(CCC(=O)O)ccc1C1CNC(=O)N1CCC1CCNCC1. The summed E-state index contributed by atoms with van der Waals surface area (Å²) in [6.45, 7) is 5.64. The summed E-state index contributed by atoms with van der Waals surface area (Å²) in [6, 6.07) is 6.22. The van der Waals surface area contributed by atoms with Crippen molar-refractivity contribution in [2.24, 2.45) is 5.92 Å². The second-order valence-corrected chi connectivity index (χ2v) is 7.46. The second kappa shape index (κ2) is 8.54. The fraction of sp³-hybridized carbons (Fsp3) is 0.600. The molecule has 26 heavy (non-hydrogen) atoms. The molecular formula is C20H29N3O3. The summed E-state index contributed by atoms with van der Waals surface area (Å²) >= 11 is 0. The number of hydrogen-bond acceptors (Lipinski definition) is 3. The van der Waals surface area contributed by atoms with E-state index in [0.717, 1.165) is 42.7 Å². The first kappa shape index (κ1) is 18.7. The predicted molar refractivity (Wildman–Crippen MR) is 100 cm³/mol. The van der Waals surface area contributed by atoms with E-state index in [1.165, 1.54) is 12.8 Å². The lowest BCUT2D eigenvalue weighted by molar-refractivity contribution is -0.136. The van der Waals surface area contributed by atoms with Gasteiger partial charge in [-0.1, -0.05) is 18.2 Å². The van der Waals surface area contributed by atoms with Crippen LogP contribution in [-0.2, 0) is 11.2 Å². The number of carboxylic acids is 1. The maximum absolute atomic E-state index is 12.3. The van der Waals surface area contributed by atoms with E-state index in [1.807, 2.05) is 17.9 Å². The lowest BCUT2D eigenvalue weighted by Crippen LogP contribution is -2.34. The topological polar surface area (TPSA) is 81.7 Å². The van der Waals surface area contributed by atoms with Crippen molar-refractivity contribution in [3.8, 4) is 0 Å². The van der Waals surface area contributed by atoms with Crippen LogP contribution in [0, 0.1) is 12.8 Å². The third kappa shape index (κ3) is 4.55. The Morgan fingerprint density at radius 2 is 2.08 bits per heavy atom. The van der Waals surface area contributed by atoms with Gasteiger partial charge >= 0.3 is 12.0 Å². The molecule has 2 aliphatic rings. The zero-order valence-corrected chi connectivity index (χ0v) is 15.5. The molecule has 0 aromatic heterocycles. The summed E-state index contributed by atoms with van der Waals surface area (Å²) in [5.74, 6) is -0.0776. The number of nitrogens with one attached hydrogen (secondary N) is 2. The van der Waals surface area contributed by atoms with Crippen molar-refractivity contribution in [3.63, 3.8) is 0 Å². The Labute approximate surface area is 155 Å². The number of rotatable bonds is 7. The van der Waals surface area contributed by atoms with Crippen molar-refractivity contribution in [2.75, 3.05) is 26.2 Å². The van der Waals surface area contributed by atoms with Gasteiger partial charge in [0.25, 0.3) is 0 Å². The number of nitrogens with zero attached hydrogens (tertiary/aromatic N) is 1. The molecule has 0 bridgehead atoms. The Hall–Kier alpha value is -2.08. The van der Waals surface area contributed by atoms with Crippen LogP contribution in [-0.4, -0.2) is 48.2 Å². The van der Waals surface area contributed by atoms with Crippen LogP contribution in [0.2, 0.25) is 0 Å². The minimum Gasteiger partial charge on any atom is -0.481 e. The highest BCUT2D eigenvalue weighted by molar-refractivity contribution is 5.77. The molecule has 6 nitrogen and oxygen atoms in total. The average Bonchev–Trinajstić information content (AvgIpc) is 2.99. The van der Waals surface area contributed by atoms with Crippen LogP contribution in [0.1, 0.15) is 48.4 Å². The van der Waals surface area contributed by atoms with E-state index < -0.39 is 5.97 Å². The van der Waals surface area contributed by atoms with Crippen LogP contribution in [0.3, 0.4) is 0 Å². The van der Waals surface area contributed by atoms with Crippen molar-refractivity contribution < 1.29 is 14.7 Å². The zero-order valence-electron chi connectivity index (χ0n) is 15.5. The standard InChI is InChI=1S/C20H29N3O3/c1-14-12-16(3-5-19(24)25)2-4-17(14)18-13-22-20(26)23(18)11-8-15-6-9-21-10-7-15/h2,4,12,15,18,21H,3,5-11,13H2,1H3,(H,22,26)(H,24,25). The van der Waals surface area contributed by atoms with E-state index in [1.54, 1.807) is 0 Å². The van der Waals surface area contributed by atoms with E-state index in [0.29, 0.717) is 18.9 Å². The summed E-state index contributed by atoms with van der Waals surface area (Å²) in [4.78, 5) is 25.1. The van der Waals surface area contributed by atoms with Gasteiger partial charge in [-0.3, -0.25) is 4.79 Å². The number of hydrogen-bond donors (Lipinski definition) is 3. The molecular weight excluding hydrogens is 330 g/mol. The third-order valence-corrected chi connectivity index (χ3v) is 5.64. The van der Waals surface area contributed by atoms with Crippen molar-refractivity contribution in [3.05, 3.63) is 34.9 Å². The second-order valence-electron chi connectivity index (χ2n) is 7.46. The molecule has 0 saturated carbocycles. The first-order valence-corrected chi connectivity index (χ1v) is 9.61. The van der Waals surface area contributed by atoms with Crippen LogP contribution in [0.4, 0.5) is 4.79 Å². The number of aliphatic carboxylic acids is 1. The van der Waals surface area contributed by atoms with Gasteiger partial charge in [-0.2, -0.15) is 0 Å². The fourth-order valence-corrected chi connectivity index (χ4v) is 4.08. The van der Waals surface area contributed by atoms with Gasteiger partial charge in [-0.05, 0) is 68.3 Å². The van der Waals surface area contributed by atoms with Crippen LogP contribution in [0.25, 0.3) is 0 Å². The molecule has 2 aliphatic heterocycles. The lowest BCUT2D eigenvalue weighted by Gasteiger charge is -2.28. The van der Waals surface area contributed by atoms with Gasteiger partial charge < -0.3 is 20.6 Å². The summed E-state index contributed by atoms with van der Waals surface area (Å²) in [7, 11) is 0. The lowest BCUT2D eigenvalue weighted by atomic mass is 9.93. The highest BCUT2D eigenvalue weighted by atomic mass is 16.4. The number of aryl methyl sites for hydroxylation is 2. The Morgan fingerprint density at radius 3 is 2.77 bits per heavy atom. The fourth-order valence-electron chi connectivity index (χ4n) is 4.08. The number of urea groups is 1. The van der Waals surface area contributed by atoms with Gasteiger partial charge in [-0.15, -0.1) is 0 Å². The molecule has 2 fully saturated rings. The highest BCUT2D eigenvalue weighted by Gasteiger charge is 2.32. The quantitative estimate of drug-likeness (QED) is 0.698. The Kier molecular flexibility index (Phi) is 6.14. The minimum atomic E-state index is -0.776. The number of piperidine rings is 1. The number of carbonyl (C=O) groups excluding carboxylic acids is 1. The average molecular weight is 359 g/mol. The summed E-state index contributed by atoms with van der Waals surface area (Å²) in [5, 5.41) is 15.2. The third-order valence-electron chi connectivity index (χ3n) is 5.64. The molecule has 3 rings (SSSR count). The number of carboxylic acid groups (broad SMARTS) is 1. The van der Waals surface area contributed by atoms with Crippen LogP contribution < -0.4 is 10.6 Å². The van der Waals surface area contributed by atoms with E-state index in [4.69, 9.17) is 5.11 Å². The predicted octanol–water partition coefficient (Wildman–Crippen LogP) is 2.47. The summed E-state index contributed by atoms with van der Waals surface area (Å²) in [5.41, 5.74) is 3.32. The van der Waals surface area contributed by atoms with Crippen molar-refractivity contribution in [2.45, 2.75) is 45.1 Å². The molecule has 3 N–H and O–H groups in total. The molecule has 0 spiro atoms. The molecule has 1 unspecified atom stereocenters. The summed E-state index contributed by atoms with van der Waals surface area (Å²) < 4.78 is 0. The molecule has 1 atom stereocenters. The van der Waals surface area contributed by atoms with Gasteiger partial charge in [0.2, 0.25) is 0 Å². The molecule has 2 heterocycles. The monoisotopic (exact) mass is 359 g/mol. The van der Waals surface area contributed by atoms with Gasteiger partial charge in [0.05, 0.1) is 6.04 Å². The molecule has 6 heteroatoms. The largest absolute Gasteiger partial charge is 0.481 e. The van der Waals surface area contributed by atoms with Crippen molar-refractivity contribution in [1.82, 2.24) is 15.5 Å². The number of benzene rings is 1. The van der Waals surface area contributed by atoms with Crippen LogP contribution in [0.5, 0.6) is 0 Å². The van der Waals surface area contributed by atoms with E-state index in [9.17, 15) is 9.59 Å². The highest BCUT2D eigenvalue weighted by Crippen LogP contribution is 2.29. The smallest absolute Gasteiger partial charge is 0.318 e. The van der Waals surface area contributed by atoms with Crippen LogP contribution >= 0.6 is 0 Å². The zero-order chi connectivity index (χ0) is 18.5. The first-order chi connectivity index (χ1) is 12.5. The maximum atomic E-state index is 12.3. The van der Waals surface area contributed by atoms with E-state index in [-0.39, 0.29) is 18.5 Å². The molecule has 0 aliphatic carbocycles. The molecule has 142 valence electrons. The Balaban J connectivity index is 1.66. The molecule has 2 saturated heterocycles. The van der Waals surface area contributed by atoms with E-state index in [2.05, 4.69) is 22.8 Å². The first-order valence-electron chi connectivity index (χ1n) is 9.61. The maximum Gasteiger partial charge on any atom is 0.318 e. The molecule has 1 aromatic carbocycles. The molecule has 1 aromatic rings. The van der Waals surface area contributed by atoms with Crippen molar-refractivity contribution >= 4 is 12.0 Å². The minimum absolute atomic E-state index is 0.0262. The normalized spacial score (nSPS) is 21.0. The molecule has 2 amide bonds.